The first-order valence-electron chi connectivity index (χ1n) is 6.26. The third-order valence-electron chi connectivity index (χ3n) is 3.39. The van der Waals surface area contributed by atoms with Gasteiger partial charge in [-0.25, -0.2) is 13.1 Å². The average Bonchev–Trinajstić information content (AvgIpc) is 2.41. The molecule has 2 N–H and O–H groups in total. The van der Waals surface area contributed by atoms with Crippen LogP contribution in [0.4, 0.5) is 0 Å². The Labute approximate surface area is 113 Å². The standard InChI is InChI=1S/C13H17N3O2S/c1-10-9-15-7-6-13(10)16-19(17,18)12-4-2-11(8-14)3-5-12/h2-5,10,13,15-16H,6-7,9H2,1H3. The zero-order chi connectivity index (χ0) is 13.9. The number of nitrogens with one attached hydrogen (secondary N) is 2. The molecule has 19 heavy (non-hydrogen) atoms. The van der Waals surface area contributed by atoms with Gasteiger partial charge >= 0.3 is 0 Å². The van der Waals surface area contributed by atoms with E-state index < -0.39 is 10.0 Å². The van der Waals surface area contributed by atoms with Gasteiger partial charge in [-0.3, -0.25) is 0 Å². The third-order valence-corrected chi connectivity index (χ3v) is 4.89. The lowest BCUT2D eigenvalue weighted by Crippen LogP contribution is -2.48. The first-order valence-corrected chi connectivity index (χ1v) is 7.74. The average molecular weight is 279 g/mol. The second-order valence-corrected chi connectivity index (χ2v) is 6.55. The first kappa shape index (κ1) is 14.0. The summed E-state index contributed by atoms with van der Waals surface area (Å²) in [5.74, 6) is 0.266. The highest BCUT2D eigenvalue weighted by molar-refractivity contribution is 7.89. The van der Waals surface area contributed by atoms with Crippen LogP contribution in [0.5, 0.6) is 0 Å². The Morgan fingerprint density at radius 2 is 2.05 bits per heavy atom. The van der Waals surface area contributed by atoms with Gasteiger partial charge in [0.2, 0.25) is 10.0 Å². The Kier molecular flexibility index (Phi) is 4.20. The zero-order valence-electron chi connectivity index (χ0n) is 10.8. The van der Waals surface area contributed by atoms with Gasteiger partial charge in [-0.05, 0) is 49.7 Å². The SMILES string of the molecule is CC1CNCCC1NS(=O)(=O)c1ccc(C#N)cc1. The van der Waals surface area contributed by atoms with E-state index in [0.29, 0.717) is 5.56 Å². The topological polar surface area (TPSA) is 82.0 Å². The van der Waals surface area contributed by atoms with Gasteiger partial charge in [0.25, 0.3) is 0 Å². The molecule has 1 aromatic carbocycles. The van der Waals surface area contributed by atoms with Crippen LogP contribution in [0, 0.1) is 17.2 Å². The molecule has 1 aromatic rings. The molecule has 0 radical (unpaired) electrons. The fourth-order valence-electron chi connectivity index (χ4n) is 2.17. The van der Waals surface area contributed by atoms with Crippen molar-refractivity contribution in [2.45, 2.75) is 24.3 Å². The monoisotopic (exact) mass is 279 g/mol. The van der Waals surface area contributed by atoms with Crippen LogP contribution in [-0.2, 0) is 10.0 Å². The minimum atomic E-state index is -3.50. The smallest absolute Gasteiger partial charge is 0.240 e. The number of sulfonamides is 1. The molecule has 5 nitrogen and oxygen atoms in total. The molecule has 0 bridgehead atoms. The summed E-state index contributed by atoms with van der Waals surface area (Å²) in [6.45, 7) is 3.67. The molecule has 2 atom stereocenters. The minimum absolute atomic E-state index is 0.0399. The van der Waals surface area contributed by atoms with Gasteiger partial charge in [0.1, 0.15) is 0 Å². The van der Waals surface area contributed by atoms with E-state index in [2.05, 4.69) is 10.0 Å². The fraction of sp³-hybridized carbons (Fsp3) is 0.462. The van der Waals surface area contributed by atoms with Crippen molar-refractivity contribution in [1.29, 1.82) is 5.26 Å². The van der Waals surface area contributed by atoms with E-state index >= 15 is 0 Å². The van der Waals surface area contributed by atoms with Crippen molar-refractivity contribution in [2.75, 3.05) is 13.1 Å². The number of benzene rings is 1. The van der Waals surface area contributed by atoms with Crippen LogP contribution in [0.1, 0.15) is 18.9 Å². The van der Waals surface area contributed by atoms with Crippen molar-refractivity contribution in [1.82, 2.24) is 10.0 Å². The summed E-state index contributed by atoms with van der Waals surface area (Å²) in [5.41, 5.74) is 0.453. The van der Waals surface area contributed by atoms with E-state index in [9.17, 15) is 8.42 Å². The van der Waals surface area contributed by atoms with Gasteiger partial charge in [-0.15, -0.1) is 0 Å². The molecule has 0 aromatic heterocycles. The lowest BCUT2D eigenvalue weighted by atomic mass is 9.97. The molecule has 102 valence electrons. The largest absolute Gasteiger partial charge is 0.316 e. The van der Waals surface area contributed by atoms with Crippen LogP contribution >= 0.6 is 0 Å². The Morgan fingerprint density at radius 1 is 1.37 bits per heavy atom. The number of rotatable bonds is 3. The summed E-state index contributed by atoms with van der Waals surface area (Å²) in [4.78, 5) is 0.206. The molecule has 1 heterocycles. The van der Waals surface area contributed by atoms with Crippen LogP contribution in [0.25, 0.3) is 0 Å². The zero-order valence-corrected chi connectivity index (χ0v) is 11.6. The van der Waals surface area contributed by atoms with Crippen molar-refractivity contribution in [3.05, 3.63) is 29.8 Å². The Morgan fingerprint density at radius 3 is 2.63 bits per heavy atom. The Hall–Kier alpha value is -1.42. The Balaban J connectivity index is 2.15. The van der Waals surface area contributed by atoms with Crippen LogP contribution in [0.3, 0.4) is 0 Å². The molecule has 2 rings (SSSR count). The highest BCUT2D eigenvalue weighted by Crippen LogP contribution is 2.16. The van der Waals surface area contributed by atoms with Gasteiger partial charge in [-0.1, -0.05) is 6.92 Å². The number of piperidine rings is 1. The van der Waals surface area contributed by atoms with Crippen LogP contribution in [-0.4, -0.2) is 27.5 Å². The predicted molar refractivity (Wildman–Crippen MR) is 71.9 cm³/mol. The molecule has 6 heteroatoms. The third kappa shape index (κ3) is 3.32. The number of nitrogens with zero attached hydrogens (tertiary/aromatic N) is 1. The van der Waals surface area contributed by atoms with E-state index in [0.717, 1.165) is 19.5 Å². The maximum Gasteiger partial charge on any atom is 0.240 e. The van der Waals surface area contributed by atoms with Crippen LogP contribution in [0.2, 0.25) is 0 Å². The molecule has 1 saturated heterocycles. The maximum atomic E-state index is 12.2. The number of nitriles is 1. The molecule has 1 aliphatic rings. The summed E-state index contributed by atoms with van der Waals surface area (Å²) >= 11 is 0. The van der Waals surface area contributed by atoms with Crippen molar-refractivity contribution < 1.29 is 8.42 Å². The van der Waals surface area contributed by atoms with E-state index in [-0.39, 0.29) is 16.9 Å². The summed E-state index contributed by atoms with van der Waals surface area (Å²) in [6, 6.07) is 7.89. The second-order valence-electron chi connectivity index (χ2n) is 4.83. The van der Waals surface area contributed by atoms with Gasteiger partial charge in [0.05, 0.1) is 16.5 Å². The molecular weight excluding hydrogens is 262 g/mol. The van der Waals surface area contributed by atoms with Crippen molar-refractivity contribution in [2.24, 2.45) is 5.92 Å². The van der Waals surface area contributed by atoms with Gasteiger partial charge in [0, 0.05) is 6.04 Å². The molecule has 2 unspecified atom stereocenters. The second kappa shape index (κ2) is 5.70. The van der Waals surface area contributed by atoms with E-state index in [1.807, 2.05) is 13.0 Å². The van der Waals surface area contributed by atoms with Gasteiger partial charge in [-0.2, -0.15) is 5.26 Å². The molecular formula is C13H17N3O2S. The number of hydrogen-bond donors (Lipinski definition) is 2. The van der Waals surface area contributed by atoms with Gasteiger partial charge in [0.15, 0.2) is 0 Å². The maximum absolute atomic E-state index is 12.2. The van der Waals surface area contributed by atoms with E-state index in [1.54, 1.807) is 0 Å². The highest BCUT2D eigenvalue weighted by Gasteiger charge is 2.26. The summed E-state index contributed by atoms with van der Waals surface area (Å²) in [7, 11) is -3.50. The minimum Gasteiger partial charge on any atom is -0.316 e. The van der Waals surface area contributed by atoms with E-state index in [1.165, 1.54) is 24.3 Å². The fourth-order valence-corrected chi connectivity index (χ4v) is 3.54. The summed E-state index contributed by atoms with van der Waals surface area (Å²) in [5, 5.41) is 11.9. The lowest BCUT2D eigenvalue weighted by Gasteiger charge is -2.29. The predicted octanol–water partition coefficient (Wildman–Crippen LogP) is 0.835. The quantitative estimate of drug-likeness (QED) is 0.859. The van der Waals surface area contributed by atoms with Crippen LogP contribution in [0.15, 0.2) is 29.2 Å². The Bertz CT molecular complexity index is 575. The van der Waals surface area contributed by atoms with Crippen molar-refractivity contribution >= 4 is 10.0 Å². The molecule has 0 amide bonds. The number of hydrogen-bond acceptors (Lipinski definition) is 4. The van der Waals surface area contributed by atoms with Gasteiger partial charge < -0.3 is 5.32 Å². The molecule has 0 aliphatic carbocycles. The lowest BCUT2D eigenvalue weighted by molar-refractivity contribution is 0.328. The molecule has 1 fully saturated rings. The summed E-state index contributed by atoms with van der Waals surface area (Å²) < 4.78 is 27.2. The molecule has 0 saturated carbocycles. The first-order chi connectivity index (χ1) is 9.03. The van der Waals surface area contributed by atoms with E-state index in [4.69, 9.17) is 5.26 Å². The van der Waals surface area contributed by atoms with Crippen molar-refractivity contribution in [3.63, 3.8) is 0 Å². The summed E-state index contributed by atoms with van der Waals surface area (Å²) in [6.07, 6.45) is 0.788. The molecule has 0 spiro atoms. The normalized spacial score (nSPS) is 23.8. The highest BCUT2D eigenvalue weighted by atomic mass is 32.2. The van der Waals surface area contributed by atoms with Crippen LogP contribution < -0.4 is 10.0 Å². The van der Waals surface area contributed by atoms with Crippen molar-refractivity contribution in [3.8, 4) is 6.07 Å². The molecule has 1 aliphatic heterocycles.